The van der Waals surface area contributed by atoms with Crippen molar-refractivity contribution in [1.82, 2.24) is 16.0 Å². The highest BCUT2D eigenvalue weighted by Gasteiger charge is 2.34. The number of amides is 3. The van der Waals surface area contributed by atoms with Crippen LogP contribution in [-0.2, 0) is 28.8 Å². The summed E-state index contributed by atoms with van der Waals surface area (Å²) >= 11 is 0. The minimum Gasteiger partial charge on any atom is -0.481 e. The second-order valence-electron chi connectivity index (χ2n) is 7.32. The molecule has 0 aliphatic carbocycles. The van der Waals surface area contributed by atoms with E-state index in [0.717, 1.165) is 13.8 Å². The number of carbonyl (C=O) groups excluding carboxylic acids is 3. The number of hydrogen-bond donors (Lipinski definition) is 9. The van der Waals surface area contributed by atoms with Crippen molar-refractivity contribution in [2.24, 2.45) is 5.73 Å². The molecule has 0 aromatic carbocycles. The van der Waals surface area contributed by atoms with Gasteiger partial charge in [-0.05, 0) is 26.7 Å². The van der Waals surface area contributed by atoms with Gasteiger partial charge >= 0.3 is 17.9 Å². The third-order valence-electron chi connectivity index (χ3n) is 4.39. The standard InChI is InChI=1S/C18H30N4O11/c1-7(23)13(16(30)20-10(18(32)33)4-6-12(27)28)22-17(31)14(8(2)24)21-15(29)9(19)3-5-11(25)26/h7-10,13-14,23-24H,3-6,19H2,1-2H3,(H,20,30)(H,21,29)(H,22,31)(H,25,26)(H,27,28)(H,32,33). The Bertz CT molecular complexity index is 741. The van der Waals surface area contributed by atoms with E-state index in [1.807, 2.05) is 5.32 Å². The first kappa shape index (κ1) is 29.7. The van der Waals surface area contributed by atoms with Crippen LogP contribution >= 0.6 is 0 Å². The van der Waals surface area contributed by atoms with Gasteiger partial charge < -0.3 is 47.2 Å². The van der Waals surface area contributed by atoms with Crippen molar-refractivity contribution in [3.8, 4) is 0 Å². The number of carboxylic acids is 3. The predicted octanol–water partition coefficient (Wildman–Crippen LogP) is -3.66. The quantitative estimate of drug-likeness (QED) is 0.110. The highest BCUT2D eigenvalue weighted by molar-refractivity contribution is 5.94. The van der Waals surface area contributed by atoms with E-state index in [0.29, 0.717) is 0 Å². The minimum absolute atomic E-state index is 0.249. The van der Waals surface area contributed by atoms with Gasteiger partial charge in [0.1, 0.15) is 18.1 Å². The number of aliphatic hydroxyl groups is 2. The van der Waals surface area contributed by atoms with Gasteiger partial charge in [0.2, 0.25) is 17.7 Å². The molecule has 0 aromatic rings. The molecule has 10 N–H and O–H groups in total. The number of hydrogen-bond acceptors (Lipinski definition) is 9. The first-order chi connectivity index (χ1) is 15.2. The average molecular weight is 478 g/mol. The van der Waals surface area contributed by atoms with Crippen molar-refractivity contribution < 1.29 is 54.3 Å². The summed E-state index contributed by atoms with van der Waals surface area (Å²) in [7, 11) is 0. The van der Waals surface area contributed by atoms with E-state index < -0.39 is 91.3 Å². The number of rotatable bonds is 15. The van der Waals surface area contributed by atoms with Crippen LogP contribution < -0.4 is 21.7 Å². The predicted molar refractivity (Wildman–Crippen MR) is 109 cm³/mol. The van der Waals surface area contributed by atoms with Crippen molar-refractivity contribution >= 4 is 35.6 Å². The molecule has 0 aliphatic heterocycles. The second kappa shape index (κ2) is 14.0. The van der Waals surface area contributed by atoms with Crippen molar-refractivity contribution in [1.29, 1.82) is 0 Å². The molecule has 15 nitrogen and oxygen atoms in total. The first-order valence-electron chi connectivity index (χ1n) is 9.86. The summed E-state index contributed by atoms with van der Waals surface area (Å²) < 4.78 is 0. The molecule has 0 saturated carbocycles. The molecule has 0 aliphatic rings. The largest absolute Gasteiger partial charge is 0.481 e. The van der Waals surface area contributed by atoms with Gasteiger partial charge in [0, 0.05) is 12.8 Å². The molecule has 0 saturated heterocycles. The molecule has 6 unspecified atom stereocenters. The van der Waals surface area contributed by atoms with Gasteiger partial charge in [0.05, 0.1) is 18.2 Å². The zero-order chi connectivity index (χ0) is 25.9. The Labute approximate surface area is 188 Å². The lowest BCUT2D eigenvalue weighted by Gasteiger charge is -2.27. The lowest BCUT2D eigenvalue weighted by Crippen LogP contribution is -2.61. The summed E-state index contributed by atoms with van der Waals surface area (Å²) in [6.45, 7) is 2.24. The van der Waals surface area contributed by atoms with E-state index in [4.69, 9.17) is 21.1 Å². The molecular formula is C18H30N4O11. The molecule has 6 atom stereocenters. The Morgan fingerprint density at radius 1 is 0.697 bits per heavy atom. The number of aliphatic carboxylic acids is 3. The van der Waals surface area contributed by atoms with Gasteiger partial charge in [0.15, 0.2) is 0 Å². The van der Waals surface area contributed by atoms with E-state index in [2.05, 4.69) is 10.6 Å². The zero-order valence-electron chi connectivity index (χ0n) is 18.1. The summed E-state index contributed by atoms with van der Waals surface area (Å²) in [6, 6.07) is -6.30. The second-order valence-corrected chi connectivity index (χ2v) is 7.32. The minimum atomic E-state index is -1.72. The molecule has 0 rings (SSSR count). The fourth-order valence-corrected chi connectivity index (χ4v) is 2.51. The Kier molecular flexibility index (Phi) is 12.6. The van der Waals surface area contributed by atoms with Gasteiger partial charge in [0.25, 0.3) is 0 Å². The molecule has 0 spiro atoms. The fraction of sp³-hybridized carbons (Fsp3) is 0.667. The normalized spacial score (nSPS) is 16.3. The maximum Gasteiger partial charge on any atom is 0.326 e. The summed E-state index contributed by atoms with van der Waals surface area (Å²) in [5, 5.41) is 52.4. The Hall–Kier alpha value is -3.30. The van der Waals surface area contributed by atoms with Gasteiger partial charge in [-0.1, -0.05) is 0 Å². The van der Waals surface area contributed by atoms with Crippen LogP contribution in [0.15, 0.2) is 0 Å². The lowest BCUT2D eigenvalue weighted by atomic mass is 10.1. The van der Waals surface area contributed by atoms with Crippen LogP contribution in [-0.4, -0.2) is 97.5 Å². The monoisotopic (exact) mass is 478 g/mol. The van der Waals surface area contributed by atoms with Crippen molar-refractivity contribution in [2.75, 3.05) is 0 Å². The lowest BCUT2D eigenvalue weighted by molar-refractivity contribution is -0.144. The molecule has 188 valence electrons. The third kappa shape index (κ3) is 11.2. The maximum atomic E-state index is 12.6. The van der Waals surface area contributed by atoms with Crippen LogP contribution in [0.25, 0.3) is 0 Å². The third-order valence-corrected chi connectivity index (χ3v) is 4.39. The van der Waals surface area contributed by atoms with Crippen LogP contribution in [0.2, 0.25) is 0 Å². The first-order valence-corrected chi connectivity index (χ1v) is 9.86. The number of carboxylic acid groups (broad SMARTS) is 3. The number of aliphatic hydroxyl groups excluding tert-OH is 2. The van der Waals surface area contributed by atoms with E-state index in [-0.39, 0.29) is 6.42 Å². The highest BCUT2D eigenvalue weighted by Crippen LogP contribution is 2.04. The van der Waals surface area contributed by atoms with E-state index in [9.17, 15) is 39.0 Å². The smallest absolute Gasteiger partial charge is 0.326 e. The molecule has 0 bridgehead atoms. The molecule has 15 heteroatoms. The topological polar surface area (TPSA) is 266 Å². The van der Waals surface area contributed by atoms with Crippen LogP contribution in [0.3, 0.4) is 0 Å². The van der Waals surface area contributed by atoms with E-state index in [1.54, 1.807) is 0 Å². The van der Waals surface area contributed by atoms with Gasteiger partial charge in [-0.15, -0.1) is 0 Å². The molecule has 33 heavy (non-hydrogen) atoms. The summed E-state index contributed by atoms with van der Waals surface area (Å²) in [5.74, 6) is -7.25. The van der Waals surface area contributed by atoms with Crippen molar-refractivity contribution in [3.05, 3.63) is 0 Å². The van der Waals surface area contributed by atoms with Crippen molar-refractivity contribution in [2.45, 2.75) is 75.9 Å². The van der Waals surface area contributed by atoms with Gasteiger partial charge in [-0.2, -0.15) is 0 Å². The SMILES string of the molecule is CC(O)C(NC(=O)C(N)CCC(=O)O)C(=O)NC(C(=O)NC(CCC(=O)O)C(=O)O)C(C)O. The molecule has 0 aromatic heterocycles. The number of nitrogens with one attached hydrogen (secondary N) is 3. The van der Waals surface area contributed by atoms with E-state index >= 15 is 0 Å². The fourth-order valence-electron chi connectivity index (χ4n) is 2.51. The summed E-state index contributed by atoms with van der Waals surface area (Å²) in [5.41, 5.74) is 5.55. The zero-order valence-corrected chi connectivity index (χ0v) is 18.1. The molecule has 0 heterocycles. The molecular weight excluding hydrogens is 448 g/mol. The van der Waals surface area contributed by atoms with Gasteiger partial charge in [-0.25, -0.2) is 4.79 Å². The van der Waals surface area contributed by atoms with Crippen LogP contribution in [0.5, 0.6) is 0 Å². The number of carbonyl (C=O) groups is 6. The summed E-state index contributed by atoms with van der Waals surface area (Å²) in [4.78, 5) is 69.6. The Morgan fingerprint density at radius 2 is 1.09 bits per heavy atom. The molecule has 3 amide bonds. The molecule has 0 radical (unpaired) electrons. The van der Waals surface area contributed by atoms with Crippen LogP contribution in [0.1, 0.15) is 39.5 Å². The van der Waals surface area contributed by atoms with E-state index in [1.165, 1.54) is 0 Å². The molecule has 0 fully saturated rings. The van der Waals surface area contributed by atoms with Gasteiger partial charge in [-0.3, -0.25) is 24.0 Å². The highest BCUT2D eigenvalue weighted by atomic mass is 16.4. The Balaban J connectivity index is 5.32. The van der Waals surface area contributed by atoms with Crippen molar-refractivity contribution in [3.63, 3.8) is 0 Å². The van der Waals surface area contributed by atoms with Crippen LogP contribution in [0.4, 0.5) is 0 Å². The number of nitrogens with two attached hydrogens (primary N) is 1. The summed E-state index contributed by atoms with van der Waals surface area (Å²) in [6.07, 6.45) is -4.75. The Morgan fingerprint density at radius 3 is 1.48 bits per heavy atom. The average Bonchev–Trinajstić information content (AvgIpc) is 2.69. The maximum absolute atomic E-state index is 12.6. The van der Waals surface area contributed by atoms with Crippen LogP contribution in [0, 0.1) is 0 Å².